The quantitative estimate of drug-likeness (QED) is 0.338. The average molecular weight is 505 g/mol. The second-order valence-electron chi connectivity index (χ2n) is 8.84. The van der Waals surface area contributed by atoms with Crippen molar-refractivity contribution in [2.45, 2.75) is 45.0 Å². The predicted octanol–water partition coefficient (Wildman–Crippen LogP) is 5.40. The van der Waals surface area contributed by atoms with Crippen LogP contribution >= 0.6 is 11.8 Å². The van der Waals surface area contributed by atoms with Gasteiger partial charge in [-0.2, -0.15) is 0 Å². The van der Waals surface area contributed by atoms with Gasteiger partial charge in [-0.25, -0.2) is 0 Å². The van der Waals surface area contributed by atoms with Gasteiger partial charge in [0.1, 0.15) is 11.8 Å². The minimum atomic E-state index is -0.589. The summed E-state index contributed by atoms with van der Waals surface area (Å²) < 4.78 is 5.23. The van der Waals surface area contributed by atoms with Crippen LogP contribution in [0.15, 0.2) is 78.9 Å². The molecule has 0 saturated heterocycles. The van der Waals surface area contributed by atoms with Crippen LogP contribution in [0.3, 0.4) is 0 Å². The first-order chi connectivity index (χ1) is 17.5. The van der Waals surface area contributed by atoms with E-state index in [0.717, 1.165) is 34.4 Å². The molecule has 0 unspecified atom stereocenters. The summed E-state index contributed by atoms with van der Waals surface area (Å²) in [5.41, 5.74) is 4.32. The average Bonchev–Trinajstić information content (AvgIpc) is 2.91. The summed E-state index contributed by atoms with van der Waals surface area (Å²) in [6.45, 7) is 5.04. The van der Waals surface area contributed by atoms with Crippen molar-refractivity contribution in [1.29, 1.82) is 0 Å². The Hall–Kier alpha value is -3.25. The Bertz CT molecular complexity index is 1090. The molecule has 6 heteroatoms. The molecule has 0 fully saturated rings. The molecule has 0 bridgehead atoms. The van der Waals surface area contributed by atoms with Gasteiger partial charge in [-0.05, 0) is 42.2 Å². The monoisotopic (exact) mass is 504 g/mol. The highest BCUT2D eigenvalue weighted by Gasteiger charge is 2.30. The zero-order chi connectivity index (χ0) is 25.8. The lowest BCUT2D eigenvalue weighted by Crippen LogP contribution is -2.51. The smallest absolute Gasteiger partial charge is 0.243 e. The van der Waals surface area contributed by atoms with E-state index in [1.54, 1.807) is 23.8 Å². The maximum Gasteiger partial charge on any atom is 0.243 e. The Morgan fingerprint density at radius 2 is 1.58 bits per heavy atom. The molecule has 5 nitrogen and oxygen atoms in total. The SMILES string of the molecule is CCCNC(=O)[C@H](Cc1ccccc1)N(Cc1ccc(C)cc1)C(=O)CSCc1ccc(OC)cc1. The van der Waals surface area contributed by atoms with Crippen LogP contribution < -0.4 is 10.1 Å². The van der Waals surface area contributed by atoms with Gasteiger partial charge in [0.15, 0.2) is 0 Å². The lowest BCUT2D eigenvalue weighted by atomic mass is 10.0. The molecular formula is C30H36N2O3S. The first-order valence-corrected chi connectivity index (χ1v) is 13.5. The number of nitrogens with zero attached hydrogens (tertiary/aromatic N) is 1. The van der Waals surface area contributed by atoms with Gasteiger partial charge in [-0.3, -0.25) is 9.59 Å². The van der Waals surface area contributed by atoms with E-state index in [1.165, 1.54) is 0 Å². The molecule has 2 amide bonds. The molecular weight excluding hydrogens is 468 g/mol. The van der Waals surface area contributed by atoms with Gasteiger partial charge in [0.25, 0.3) is 0 Å². The Morgan fingerprint density at radius 1 is 0.917 bits per heavy atom. The fourth-order valence-electron chi connectivity index (χ4n) is 3.87. The fraction of sp³-hybridized carbons (Fsp3) is 0.333. The van der Waals surface area contributed by atoms with Gasteiger partial charge in [0.05, 0.1) is 12.9 Å². The van der Waals surface area contributed by atoms with Crippen molar-refractivity contribution in [2.75, 3.05) is 19.4 Å². The predicted molar refractivity (Wildman–Crippen MR) is 148 cm³/mol. The summed E-state index contributed by atoms with van der Waals surface area (Å²) in [5.74, 6) is 1.66. The van der Waals surface area contributed by atoms with Crippen molar-refractivity contribution in [1.82, 2.24) is 10.2 Å². The number of methoxy groups -OCH3 is 1. The number of hydrogen-bond donors (Lipinski definition) is 1. The number of carbonyl (C=O) groups is 2. The minimum Gasteiger partial charge on any atom is -0.497 e. The third-order valence-electron chi connectivity index (χ3n) is 5.95. The van der Waals surface area contributed by atoms with Crippen molar-refractivity contribution in [3.8, 4) is 5.75 Å². The van der Waals surface area contributed by atoms with Crippen LogP contribution in [0.1, 0.15) is 35.6 Å². The number of rotatable bonds is 13. The number of benzene rings is 3. The van der Waals surface area contributed by atoms with E-state index in [2.05, 4.69) is 5.32 Å². The molecule has 3 aromatic carbocycles. The van der Waals surface area contributed by atoms with Gasteiger partial charge < -0.3 is 15.0 Å². The zero-order valence-corrected chi connectivity index (χ0v) is 22.2. The molecule has 1 atom stereocenters. The summed E-state index contributed by atoms with van der Waals surface area (Å²) in [6, 6.07) is 25.3. The highest BCUT2D eigenvalue weighted by Crippen LogP contribution is 2.20. The normalized spacial score (nSPS) is 11.5. The number of thioether (sulfide) groups is 1. The number of amides is 2. The first-order valence-electron chi connectivity index (χ1n) is 12.4. The van der Waals surface area contributed by atoms with E-state index >= 15 is 0 Å². The van der Waals surface area contributed by atoms with Crippen molar-refractivity contribution >= 4 is 23.6 Å². The molecule has 0 saturated carbocycles. The Balaban J connectivity index is 1.80. The van der Waals surface area contributed by atoms with E-state index in [0.29, 0.717) is 31.0 Å². The van der Waals surface area contributed by atoms with E-state index in [-0.39, 0.29) is 11.8 Å². The van der Waals surface area contributed by atoms with Gasteiger partial charge >= 0.3 is 0 Å². The van der Waals surface area contributed by atoms with Crippen LogP contribution in [0.25, 0.3) is 0 Å². The second-order valence-corrected chi connectivity index (χ2v) is 9.83. The molecule has 0 heterocycles. The van der Waals surface area contributed by atoms with Crippen molar-refractivity contribution < 1.29 is 14.3 Å². The first kappa shape index (κ1) is 27.3. The highest BCUT2D eigenvalue weighted by molar-refractivity contribution is 7.99. The van der Waals surface area contributed by atoms with E-state index in [9.17, 15) is 9.59 Å². The van der Waals surface area contributed by atoms with Crippen LogP contribution in [-0.2, 0) is 28.3 Å². The maximum absolute atomic E-state index is 13.6. The van der Waals surface area contributed by atoms with Crippen LogP contribution in [0, 0.1) is 6.92 Å². The van der Waals surface area contributed by atoms with Gasteiger partial charge in [-0.1, -0.05) is 79.2 Å². The molecule has 0 aliphatic heterocycles. The minimum absolute atomic E-state index is 0.0401. The topological polar surface area (TPSA) is 58.6 Å². The number of nitrogens with one attached hydrogen (secondary N) is 1. The molecule has 190 valence electrons. The summed E-state index contributed by atoms with van der Waals surface area (Å²) in [6.07, 6.45) is 1.31. The molecule has 3 aromatic rings. The van der Waals surface area contributed by atoms with Crippen molar-refractivity contribution in [3.63, 3.8) is 0 Å². The third-order valence-corrected chi connectivity index (χ3v) is 6.94. The van der Waals surface area contributed by atoms with Crippen molar-refractivity contribution in [2.24, 2.45) is 0 Å². The Morgan fingerprint density at radius 3 is 2.22 bits per heavy atom. The van der Waals surface area contributed by atoms with E-state index in [4.69, 9.17) is 4.74 Å². The molecule has 0 radical (unpaired) electrons. The summed E-state index contributed by atoms with van der Waals surface area (Å²) in [7, 11) is 1.65. The second kappa shape index (κ2) is 14.3. The summed E-state index contributed by atoms with van der Waals surface area (Å²) >= 11 is 1.56. The standard InChI is InChI=1S/C30H36N2O3S/c1-4-18-31-30(34)28(19-24-8-6-5-7-9-24)32(20-25-12-10-23(2)11-13-25)29(33)22-36-21-26-14-16-27(35-3)17-15-26/h5-17,28H,4,18-22H2,1-3H3,(H,31,34)/t28-/m0/s1. The van der Waals surface area contributed by atoms with Gasteiger partial charge in [0.2, 0.25) is 11.8 Å². The van der Waals surface area contributed by atoms with Crippen LogP contribution in [0.4, 0.5) is 0 Å². The molecule has 0 spiro atoms. The summed E-state index contributed by atoms with van der Waals surface area (Å²) in [4.78, 5) is 28.7. The number of ether oxygens (including phenoxy) is 1. The molecule has 36 heavy (non-hydrogen) atoms. The lowest BCUT2D eigenvalue weighted by Gasteiger charge is -2.31. The Kier molecular flexibility index (Phi) is 10.9. The van der Waals surface area contributed by atoms with Crippen molar-refractivity contribution in [3.05, 3.63) is 101 Å². The molecule has 1 N–H and O–H groups in total. The number of carbonyl (C=O) groups excluding carboxylic acids is 2. The number of aryl methyl sites for hydroxylation is 1. The molecule has 3 rings (SSSR count). The van der Waals surface area contributed by atoms with Gasteiger partial charge in [0, 0.05) is 25.3 Å². The van der Waals surface area contributed by atoms with Crippen LogP contribution in [-0.4, -0.2) is 42.2 Å². The fourth-order valence-corrected chi connectivity index (χ4v) is 4.74. The third kappa shape index (κ3) is 8.45. The zero-order valence-electron chi connectivity index (χ0n) is 21.4. The molecule has 0 aliphatic rings. The maximum atomic E-state index is 13.6. The Labute approximate surface area is 219 Å². The summed E-state index contributed by atoms with van der Waals surface area (Å²) in [5, 5.41) is 3.02. The van der Waals surface area contributed by atoms with E-state index in [1.807, 2.05) is 92.7 Å². The van der Waals surface area contributed by atoms with E-state index < -0.39 is 6.04 Å². The van der Waals surface area contributed by atoms with Crippen LogP contribution in [0.5, 0.6) is 5.75 Å². The number of hydrogen-bond acceptors (Lipinski definition) is 4. The molecule has 0 aromatic heterocycles. The largest absolute Gasteiger partial charge is 0.497 e. The van der Waals surface area contributed by atoms with Gasteiger partial charge in [-0.15, -0.1) is 11.8 Å². The molecule has 0 aliphatic carbocycles. The lowest BCUT2D eigenvalue weighted by molar-refractivity contribution is -0.139. The van der Waals surface area contributed by atoms with Crippen LogP contribution in [0.2, 0.25) is 0 Å². The highest BCUT2D eigenvalue weighted by atomic mass is 32.2.